The second kappa shape index (κ2) is 8.39. The molecule has 134 valence electrons. The number of thioether (sulfide) groups is 1. The zero-order chi connectivity index (χ0) is 18.4. The first kappa shape index (κ1) is 17.8. The van der Waals surface area contributed by atoms with Crippen LogP contribution in [-0.4, -0.2) is 35.3 Å². The molecule has 1 heterocycles. The van der Waals surface area contributed by atoms with Gasteiger partial charge in [0.25, 0.3) is 5.91 Å². The van der Waals surface area contributed by atoms with Crippen LogP contribution in [0.2, 0.25) is 0 Å². The van der Waals surface area contributed by atoms with E-state index in [4.69, 9.17) is 9.47 Å². The number of amides is 1. The Morgan fingerprint density at radius 2 is 2.00 bits per heavy atom. The highest BCUT2D eigenvalue weighted by molar-refractivity contribution is 7.98. The van der Waals surface area contributed by atoms with Crippen molar-refractivity contribution in [1.82, 2.24) is 15.2 Å². The summed E-state index contributed by atoms with van der Waals surface area (Å²) < 4.78 is 10.5. The lowest BCUT2D eigenvalue weighted by Gasteiger charge is -2.11. The number of carbonyl (C=O) groups is 1. The standard InChI is InChI=1S/C18H18N4O3S/c1-24-15-7-6-14(9-16(15)25-2)21-17(23)13-5-3-4-12(8-13)10-26-18-19-11-20-22-18/h3-9,11H,10H2,1-2H3,(H,21,23)(H,19,20,22). The second-order valence-corrected chi connectivity index (χ2v) is 6.27. The minimum absolute atomic E-state index is 0.191. The first-order valence-corrected chi connectivity index (χ1v) is 8.78. The molecule has 1 amide bonds. The van der Waals surface area contributed by atoms with Crippen molar-refractivity contribution in [2.75, 3.05) is 19.5 Å². The van der Waals surface area contributed by atoms with Crippen molar-refractivity contribution < 1.29 is 14.3 Å². The van der Waals surface area contributed by atoms with Crippen molar-refractivity contribution in [3.63, 3.8) is 0 Å². The molecule has 0 aliphatic carbocycles. The molecule has 0 saturated heterocycles. The lowest BCUT2D eigenvalue weighted by Crippen LogP contribution is -2.12. The number of rotatable bonds is 7. The van der Waals surface area contributed by atoms with Crippen molar-refractivity contribution in [3.8, 4) is 11.5 Å². The van der Waals surface area contributed by atoms with Crippen molar-refractivity contribution in [3.05, 3.63) is 59.9 Å². The molecule has 0 atom stereocenters. The number of aromatic amines is 1. The summed E-state index contributed by atoms with van der Waals surface area (Å²) in [4.78, 5) is 16.6. The van der Waals surface area contributed by atoms with E-state index in [0.29, 0.717) is 28.5 Å². The third-order valence-electron chi connectivity index (χ3n) is 3.60. The maximum atomic E-state index is 12.5. The molecule has 0 spiro atoms. The summed E-state index contributed by atoms with van der Waals surface area (Å²) in [5.41, 5.74) is 2.23. The van der Waals surface area contributed by atoms with E-state index < -0.39 is 0 Å². The predicted octanol–water partition coefficient (Wildman–Crippen LogP) is 3.37. The quantitative estimate of drug-likeness (QED) is 0.620. The zero-order valence-corrected chi connectivity index (χ0v) is 15.2. The number of hydrogen-bond donors (Lipinski definition) is 2. The van der Waals surface area contributed by atoms with Gasteiger partial charge in [0.05, 0.1) is 14.2 Å². The van der Waals surface area contributed by atoms with Gasteiger partial charge in [0.15, 0.2) is 16.7 Å². The van der Waals surface area contributed by atoms with Gasteiger partial charge in [-0.15, -0.1) is 0 Å². The highest BCUT2D eigenvalue weighted by Crippen LogP contribution is 2.30. The largest absolute Gasteiger partial charge is 0.493 e. The van der Waals surface area contributed by atoms with Crippen LogP contribution in [0.15, 0.2) is 53.9 Å². The highest BCUT2D eigenvalue weighted by atomic mass is 32.2. The normalized spacial score (nSPS) is 10.4. The van der Waals surface area contributed by atoms with Gasteiger partial charge < -0.3 is 14.8 Å². The minimum Gasteiger partial charge on any atom is -0.493 e. The summed E-state index contributed by atoms with van der Waals surface area (Å²) in [5, 5.41) is 10.2. The molecule has 0 saturated carbocycles. The smallest absolute Gasteiger partial charge is 0.255 e. The van der Waals surface area contributed by atoms with Gasteiger partial charge in [-0.1, -0.05) is 23.9 Å². The monoisotopic (exact) mass is 370 g/mol. The summed E-state index contributed by atoms with van der Waals surface area (Å²) in [5.74, 6) is 1.66. The van der Waals surface area contributed by atoms with Crippen LogP contribution in [0.4, 0.5) is 5.69 Å². The van der Waals surface area contributed by atoms with E-state index in [9.17, 15) is 4.79 Å². The van der Waals surface area contributed by atoms with Crippen molar-refractivity contribution >= 4 is 23.4 Å². The second-order valence-electron chi connectivity index (χ2n) is 5.30. The van der Waals surface area contributed by atoms with Crippen LogP contribution in [0.3, 0.4) is 0 Å². The molecule has 2 aromatic carbocycles. The van der Waals surface area contributed by atoms with Gasteiger partial charge in [0.1, 0.15) is 6.33 Å². The maximum absolute atomic E-state index is 12.5. The van der Waals surface area contributed by atoms with Gasteiger partial charge >= 0.3 is 0 Å². The van der Waals surface area contributed by atoms with Gasteiger partial charge in [0.2, 0.25) is 0 Å². The molecule has 3 aromatic rings. The SMILES string of the molecule is COc1ccc(NC(=O)c2cccc(CSc3ncn[nH]3)c2)cc1OC. The van der Waals surface area contributed by atoms with E-state index in [2.05, 4.69) is 20.5 Å². The Balaban J connectivity index is 1.68. The van der Waals surface area contributed by atoms with Crippen LogP contribution < -0.4 is 14.8 Å². The Hall–Kier alpha value is -3.00. The third-order valence-corrected chi connectivity index (χ3v) is 4.55. The van der Waals surface area contributed by atoms with Gasteiger partial charge in [-0.05, 0) is 29.8 Å². The molecule has 0 bridgehead atoms. The summed E-state index contributed by atoms with van der Waals surface area (Å²) in [6.45, 7) is 0. The fraction of sp³-hybridized carbons (Fsp3) is 0.167. The Labute approximate surface area is 155 Å². The molecule has 0 radical (unpaired) electrons. The lowest BCUT2D eigenvalue weighted by atomic mass is 10.1. The molecular formula is C18H18N4O3S. The van der Waals surface area contributed by atoms with Gasteiger partial charge in [-0.25, -0.2) is 4.98 Å². The van der Waals surface area contributed by atoms with E-state index in [-0.39, 0.29) is 5.91 Å². The fourth-order valence-corrected chi connectivity index (χ4v) is 3.06. The number of benzene rings is 2. The summed E-state index contributed by atoms with van der Waals surface area (Å²) in [6.07, 6.45) is 1.47. The number of methoxy groups -OCH3 is 2. The maximum Gasteiger partial charge on any atom is 0.255 e. The number of H-pyrrole nitrogens is 1. The number of nitrogens with zero attached hydrogens (tertiary/aromatic N) is 2. The number of hydrogen-bond acceptors (Lipinski definition) is 6. The summed E-state index contributed by atoms with van der Waals surface area (Å²) in [7, 11) is 3.12. The molecule has 1 aromatic heterocycles. The number of anilines is 1. The number of ether oxygens (including phenoxy) is 2. The molecule has 2 N–H and O–H groups in total. The van der Waals surface area contributed by atoms with Crippen molar-refractivity contribution in [2.24, 2.45) is 0 Å². The highest BCUT2D eigenvalue weighted by Gasteiger charge is 2.10. The molecule has 7 nitrogen and oxygen atoms in total. The Morgan fingerprint density at radius 3 is 2.73 bits per heavy atom. The number of nitrogens with one attached hydrogen (secondary N) is 2. The van der Waals surface area contributed by atoms with Gasteiger partial charge in [-0.2, -0.15) is 5.10 Å². The first-order valence-electron chi connectivity index (χ1n) is 7.80. The summed E-state index contributed by atoms with van der Waals surface area (Å²) >= 11 is 1.52. The van der Waals surface area contributed by atoms with Crippen LogP contribution in [0.5, 0.6) is 11.5 Å². The van der Waals surface area contributed by atoms with Crippen LogP contribution in [0.25, 0.3) is 0 Å². The summed E-state index contributed by atoms with van der Waals surface area (Å²) in [6, 6.07) is 12.7. The number of carbonyl (C=O) groups excluding carboxylic acids is 1. The van der Waals surface area contributed by atoms with E-state index in [1.54, 1.807) is 38.5 Å². The predicted molar refractivity (Wildman–Crippen MR) is 99.9 cm³/mol. The average Bonchev–Trinajstić information content (AvgIpc) is 3.20. The van der Waals surface area contributed by atoms with E-state index >= 15 is 0 Å². The Bertz CT molecular complexity index is 884. The molecule has 0 aliphatic heterocycles. The lowest BCUT2D eigenvalue weighted by molar-refractivity contribution is 0.102. The van der Waals surface area contributed by atoms with Crippen LogP contribution >= 0.6 is 11.8 Å². The molecule has 8 heteroatoms. The van der Waals surface area contributed by atoms with E-state index in [1.807, 2.05) is 18.2 Å². The molecule has 0 unspecified atom stereocenters. The average molecular weight is 370 g/mol. The topological polar surface area (TPSA) is 89.1 Å². The van der Waals surface area contributed by atoms with Crippen LogP contribution in [0.1, 0.15) is 15.9 Å². The zero-order valence-electron chi connectivity index (χ0n) is 14.4. The molecular weight excluding hydrogens is 352 g/mol. The fourth-order valence-electron chi connectivity index (χ4n) is 2.34. The first-order chi connectivity index (χ1) is 12.7. The van der Waals surface area contributed by atoms with Gasteiger partial charge in [-0.3, -0.25) is 9.89 Å². The van der Waals surface area contributed by atoms with Crippen molar-refractivity contribution in [2.45, 2.75) is 10.9 Å². The molecule has 3 rings (SSSR count). The van der Waals surface area contributed by atoms with E-state index in [0.717, 1.165) is 10.7 Å². The van der Waals surface area contributed by atoms with Gasteiger partial charge in [0, 0.05) is 23.1 Å². The third kappa shape index (κ3) is 4.34. The molecule has 0 fully saturated rings. The number of aromatic nitrogens is 3. The molecule has 0 aliphatic rings. The Morgan fingerprint density at radius 1 is 1.15 bits per heavy atom. The van der Waals surface area contributed by atoms with Crippen LogP contribution in [0, 0.1) is 0 Å². The Kier molecular flexibility index (Phi) is 5.75. The van der Waals surface area contributed by atoms with Crippen LogP contribution in [-0.2, 0) is 5.75 Å². The molecule has 26 heavy (non-hydrogen) atoms. The van der Waals surface area contributed by atoms with Crippen molar-refractivity contribution in [1.29, 1.82) is 0 Å². The minimum atomic E-state index is -0.191. The van der Waals surface area contributed by atoms with E-state index in [1.165, 1.54) is 18.1 Å².